The van der Waals surface area contributed by atoms with Crippen molar-refractivity contribution in [2.75, 3.05) is 13.7 Å². The predicted molar refractivity (Wildman–Crippen MR) is 138 cm³/mol. The Bertz CT molecular complexity index is 1190. The third-order valence-electron chi connectivity index (χ3n) is 10.4. The van der Waals surface area contributed by atoms with Crippen LogP contribution in [0.4, 0.5) is 0 Å². The summed E-state index contributed by atoms with van der Waals surface area (Å²) in [5.41, 5.74) is 4.00. The molecule has 37 heavy (non-hydrogen) atoms. The van der Waals surface area contributed by atoms with Crippen molar-refractivity contribution in [3.05, 3.63) is 58.9 Å². The van der Waals surface area contributed by atoms with Gasteiger partial charge < -0.3 is 19.7 Å². The molecule has 1 heterocycles. The lowest BCUT2D eigenvalue weighted by Crippen LogP contribution is -2.57. The van der Waals surface area contributed by atoms with Crippen LogP contribution >= 0.6 is 0 Å². The minimum absolute atomic E-state index is 0.101. The Morgan fingerprint density at radius 2 is 2.05 bits per heavy atom. The van der Waals surface area contributed by atoms with Crippen molar-refractivity contribution in [1.29, 1.82) is 0 Å². The summed E-state index contributed by atoms with van der Waals surface area (Å²) in [5.74, 6) is -0.110. The SMILES string of the molecule is COC(O[C@@H]1C[C@H]2[C@@H]3CCC4=Cc5[nH]ncc5C[C@]4(C)C3[C@@H](O)C[C@]2(C)[C@H]1C(=O)CO)c1ccccc1. The summed E-state index contributed by atoms with van der Waals surface area (Å²) in [6.07, 6.45) is 6.72. The lowest BCUT2D eigenvalue weighted by Gasteiger charge is -2.59. The Balaban J connectivity index is 1.35. The van der Waals surface area contributed by atoms with Crippen LogP contribution in [-0.4, -0.2) is 52.1 Å². The maximum atomic E-state index is 13.3. The highest BCUT2D eigenvalue weighted by molar-refractivity contribution is 5.84. The number of carbonyl (C=O) groups excluding carboxylic acids is 1. The van der Waals surface area contributed by atoms with E-state index in [0.717, 1.165) is 36.9 Å². The van der Waals surface area contributed by atoms with Crippen molar-refractivity contribution in [2.24, 2.45) is 34.5 Å². The quantitative estimate of drug-likeness (QED) is 0.510. The number of carbonyl (C=O) groups is 1. The molecular weight excluding hydrogens is 468 g/mol. The average molecular weight is 507 g/mol. The molecule has 0 spiro atoms. The van der Waals surface area contributed by atoms with Crippen LogP contribution in [0.2, 0.25) is 0 Å². The largest absolute Gasteiger partial charge is 0.393 e. The van der Waals surface area contributed by atoms with Crippen LogP contribution in [0.5, 0.6) is 0 Å². The number of hydrogen-bond donors (Lipinski definition) is 3. The van der Waals surface area contributed by atoms with Gasteiger partial charge in [0.25, 0.3) is 0 Å². The van der Waals surface area contributed by atoms with Gasteiger partial charge in [0.05, 0.1) is 30.0 Å². The number of ketones is 1. The maximum Gasteiger partial charge on any atom is 0.183 e. The number of Topliss-reactive ketones (excluding diaryl/α,β-unsaturated/α-hetero) is 1. The van der Waals surface area contributed by atoms with E-state index < -0.39 is 30.3 Å². The number of benzene rings is 1. The van der Waals surface area contributed by atoms with E-state index in [0.29, 0.717) is 6.42 Å². The van der Waals surface area contributed by atoms with E-state index in [1.165, 1.54) is 11.1 Å². The molecule has 7 heteroatoms. The molecule has 1 aromatic heterocycles. The summed E-state index contributed by atoms with van der Waals surface area (Å²) in [6, 6.07) is 9.76. The normalized spacial score (nSPS) is 39.1. The number of hydrogen-bond acceptors (Lipinski definition) is 6. The van der Waals surface area contributed by atoms with Crippen molar-refractivity contribution in [3.8, 4) is 0 Å². The topological polar surface area (TPSA) is 105 Å². The summed E-state index contributed by atoms with van der Waals surface area (Å²) in [7, 11) is 1.62. The number of methoxy groups -OCH3 is 1. The highest BCUT2D eigenvalue weighted by Gasteiger charge is 2.65. The van der Waals surface area contributed by atoms with Crippen molar-refractivity contribution in [2.45, 2.75) is 64.4 Å². The number of aromatic amines is 1. The minimum Gasteiger partial charge on any atom is -0.393 e. The molecular formula is C30H38N2O5. The van der Waals surface area contributed by atoms with Gasteiger partial charge in [-0.1, -0.05) is 49.8 Å². The number of allylic oxidation sites excluding steroid dienone is 1. The van der Waals surface area contributed by atoms with Gasteiger partial charge in [0.2, 0.25) is 0 Å². The van der Waals surface area contributed by atoms with Crippen LogP contribution in [0, 0.1) is 34.5 Å². The highest BCUT2D eigenvalue weighted by Crippen LogP contribution is 2.67. The Morgan fingerprint density at radius 3 is 2.78 bits per heavy atom. The van der Waals surface area contributed by atoms with Gasteiger partial charge in [-0.2, -0.15) is 5.10 Å². The molecule has 2 unspecified atom stereocenters. The first-order valence-electron chi connectivity index (χ1n) is 13.6. The molecule has 0 saturated heterocycles. The zero-order valence-corrected chi connectivity index (χ0v) is 21.9. The first-order valence-corrected chi connectivity index (χ1v) is 13.6. The van der Waals surface area contributed by atoms with E-state index in [4.69, 9.17) is 9.47 Å². The molecule has 198 valence electrons. The van der Waals surface area contributed by atoms with Gasteiger partial charge in [0.15, 0.2) is 12.1 Å². The number of ether oxygens (including phenoxy) is 2. The third-order valence-corrected chi connectivity index (χ3v) is 10.4. The van der Waals surface area contributed by atoms with E-state index in [1.807, 2.05) is 36.5 Å². The number of nitrogens with one attached hydrogen (secondary N) is 1. The van der Waals surface area contributed by atoms with Crippen molar-refractivity contribution in [3.63, 3.8) is 0 Å². The van der Waals surface area contributed by atoms with E-state index in [1.54, 1.807) is 7.11 Å². The second-order valence-corrected chi connectivity index (χ2v) is 12.2. The second-order valence-electron chi connectivity index (χ2n) is 12.2. The zero-order valence-electron chi connectivity index (χ0n) is 21.9. The van der Waals surface area contributed by atoms with Gasteiger partial charge in [0.1, 0.15) is 6.61 Å². The summed E-state index contributed by atoms with van der Waals surface area (Å²) in [4.78, 5) is 13.3. The molecule has 2 aromatic rings. The number of nitrogens with zero attached hydrogens (tertiary/aromatic N) is 1. The number of aromatic nitrogens is 2. The fraction of sp³-hybridized carbons (Fsp3) is 0.600. The van der Waals surface area contributed by atoms with E-state index in [9.17, 15) is 15.0 Å². The molecule has 3 N–H and O–H groups in total. The predicted octanol–water partition coefficient (Wildman–Crippen LogP) is 4.08. The number of rotatable bonds is 6. The molecule has 4 aliphatic rings. The highest BCUT2D eigenvalue weighted by atomic mass is 16.7. The Labute approximate surface area is 218 Å². The summed E-state index contributed by atoms with van der Waals surface area (Å²) in [6.45, 7) is 3.94. The smallest absolute Gasteiger partial charge is 0.183 e. The molecule has 0 radical (unpaired) electrons. The number of H-pyrrole nitrogens is 1. The van der Waals surface area contributed by atoms with E-state index >= 15 is 0 Å². The summed E-state index contributed by atoms with van der Waals surface area (Å²) >= 11 is 0. The Hall–Kier alpha value is -2.32. The van der Waals surface area contributed by atoms with Gasteiger partial charge >= 0.3 is 0 Å². The maximum absolute atomic E-state index is 13.3. The van der Waals surface area contributed by atoms with Crippen molar-refractivity contribution in [1.82, 2.24) is 10.2 Å². The molecule has 0 bridgehead atoms. The molecule has 7 nitrogen and oxygen atoms in total. The number of aliphatic hydroxyl groups excluding tert-OH is 2. The van der Waals surface area contributed by atoms with Crippen molar-refractivity contribution >= 4 is 11.9 Å². The van der Waals surface area contributed by atoms with Crippen LogP contribution in [0.25, 0.3) is 6.08 Å². The fourth-order valence-electron chi connectivity index (χ4n) is 8.94. The Morgan fingerprint density at radius 1 is 1.27 bits per heavy atom. The van der Waals surface area contributed by atoms with Gasteiger partial charge in [0, 0.05) is 12.7 Å². The first kappa shape index (κ1) is 25.0. The lowest BCUT2D eigenvalue weighted by molar-refractivity contribution is -0.179. The Kier molecular flexibility index (Phi) is 6.18. The van der Waals surface area contributed by atoms with E-state index in [2.05, 4.69) is 30.1 Å². The molecule has 4 aliphatic carbocycles. The average Bonchev–Trinajstić information content (AvgIpc) is 3.45. The van der Waals surface area contributed by atoms with Crippen LogP contribution in [0.3, 0.4) is 0 Å². The number of aliphatic hydroxyl groups is 2. The lowest BCUT2D eigenvalue weighted by atomic mass is 9.46. The van der Waals surface area contributed by atoms with E-state index in [-0.39, 0.29) is 35.1 Å². The molecule has 1 aromatic carbocycles. The van der Waals surface area contributed by atoms with Crippen LogP contribution in [0.15, 0.2) is 42.1 Å². The summed E-state index contributed by atoms with van der Waals surface area (Å²) < 4.78 is 12.3. The molecule has 3 fully saturated rings. The molecule has 0 amide bonds. The van der Waals surface area contributed by atoms with Crippen LogP contribution in [0.1, 0.15) is 62.6 Å². The van der Waals surface area contributed by atoms with Crippen molar-refractivity contribution < 1.29 is 24.5 Å². The minimum atomic E-state index is -0.596. The van der Waals surface area contributed by atoms with Gasteiger partial charge in [-0.05, 0) is 72.3 Å². The third kappa shape index (κ3) is 3.77. The number of fused-ring (bicyclic) bond motifs is 6. The monoisotopic (exact) mass is 506 g/mol. The van der Waals surface area contributed by atoms with Crippen LogP contribution in [-0.2, 0) is 20.7 Å². The summed E-state index contributed by atoms with van der Waals surface area (Å²) in [5, 5.41) is 29.2. The zero-order chi connectivity index (χ0) is 25.9. The van der Waals surface area contributed by atoms with Gasteiger partial charge in [-0.15, -0.1) is 0 Å². The standard InChI is InChI=1S/C30H38N2O5/c1-29-13-18-15-31-32-22(18)11-19(29)9-10-20-21-12-25(37-28(36-3)17-7-5-4-6-8-17)27(24(35)16-33)30(21,2)14-23(34)26(20)29/h4-8,11,15,20-21,23,25-28,33-34H,9-10,12-14,16H2,1-3H3,(H,31,32)/t20-,21-,23-,25+,26?,27-,28?,29-,30-/m0/s1. The first-order chi connectivity index (χ1) is 17.8. The molecule has 3 saturated carbocycles. The van der Waals surface area contributed by atoms with Crippen LogP contribution < -0.4 is 0 Å². The van der Waals surface area contributed by atoms with Gasteiger partial charge in [-0.3, -0.25) is 9.89 Å². The fourth-order valence-corrected chi connectivity index (χ4v) is 8.94. The second kappa shape index (κ2) is 9.16. The molecule has 0 aliphatic heterocycles. The molecule has 9 atom stereocenters. The van der Waals surface area contributed by atoms with Gasteiger partial charge in [-0.25, -0.2) is 0 Å². The molecule has 6 rings (SSSR count).